The van der Waals surface area contributed by atoms with Gasteiger partial charge in [-0.25, -0.2) is 0 Å². The van der Waals surface area contributed by atoms with Gasteiger partial charge in [-0.15, -0.1) is 0 Å². The normalized spacial score (nSPS) is 11.5. The second-order valence-electron chi connectivity index (χ2n) is 5.53. The van der Waals surface area contributed by atoms with Crippen LogP contribution in [0.1, 0.15) is 0 Å². The van der Waals surface area contributed by atoms with Gasteiger partial charge in [0.1, 0.15) is 0 Å². The zero-order valence-corrected chi connectivity index (χ0v) is 14.7. The van der Waals surface area contributed by atoms with Crippen molar-refractivity contribution in [2.45, 2.75) is 9.79 Å². The first kappa shape index (κ1) is 15.4. The second-order valence-corrected chi connectivity index (χ2v) is 7.48. The number of rotatable bonds is 4. The molecule has 0 atom stereocenters. The van der Waals surface area contributed by atoms with Gasteiger partial charge in [-0.2, -0.15) is 0 Å². The molecule has 0 aliphatic rings. The average molecular weight is 345 g/mol. The standard InChI is InChI=1S/C22H16S2/c1-3-7-19-15-21(11-9-17(19)5-1)23-13-14-24-22-12-10-18-6-2-4-8-20(18)16-22/h1-16H/b14-13-. The van der Waals surface area contributed by atoms with Crippen LogP contribution in [0.2, 0.25) is 0 Å². The molecule has 0 saturated carbocycles. The fraction of sp³-hybridized carbons (Fsp3) is 0. The summed E-state index contributed by atoms with van der Waals surface area (Å²) in [5.74, 6) is 0. The quantitative estimate of drug-likeness (QED) is 0.355. The Morgan fingerprint density at radius 3 is 1.33 bits per heavy atom. The highest BCUT2D eigenvalue weighted by molar-refractivity contribution is 8.05. The van der Waals surface area contributed by atoms with Crippen molar-refractivity contribution in [2.75, 3.05) is 0 Å². The monoisotopic (exact) mass is 344 g/mol. The third-order valence-electron chi connectivity index (χ3n) is 3.91. The Hall–Kier alpha value is -2.16. The molecule has 4 rings (SSSR count). The number of hydrogen-bond acceptors (Lipinski definition) is 2. The minimum absolute atomic E-state index is 1.27. The number of fused-ring (bicyclic) bond motifs is 2. The zero-order valence-electron chi connectivity index (χ0n) is 13.1. The molecule has 0 spiro atoms. The van der Waals surface area contributed by atoms with Gasteiger partial charge in [0, 0.05) is 9.79 Å². The van der Waals surface area contributed by atoms with Crippen LogP contribution in [0.5, 0.6) is 0 Å². The molecule has 4 aromatic rings. The van der Waals surface area contributed by atoms with Gasteiger partial charge in [0.2, 0.25) is 0 Å². The van der Waals surface area contributed by atoms with Crippen LogP contribution in [0.4, 0.5) is 0 Å². The van der Waals surface area contributed by atoms with Gasteiger partial charge in [0.05, 0.1) is 0 Å². The topological polar surface area (TPSA) is 0 Å². The summed E-state index contributed by atoms with van der Waals surface area (Å²) in [4.78, 5) is 2.54. The molecule has 2 heteroatoms. The van der Waals surface area contributed by atoms with E-state index in [0.717, 1.165) is 0 Å². The van der Waals surface area contributed by atoms with Crippen LogP contribution in [0.25, 0.3) is 21.5 Å². The molecule has 0 radical (unpaired) electrons. The summed E-state index contributed by atoms with van der Waals surface area (Å²) in [6.07, 6.45) is 0. The molecule has 0 bridgehead atoms. The van der Waals surface area contributed by atoms with Crippen molar-refractivity contribution >= 4 is 45.1 Å². The van der Waals surface area contributed by atoms with Gasteiger partial charge in [-0.1, -0.05) is 84.2 Å². The van der Waals surface area contributed by atoms with E-state index < -0.39 is 0 Å². The maximum absolute atomic E-state index is 2.24. The molecule has 0 amide bonds. The fourth-order valence-corrected chi connectivity index (χ4v) is 4.14. The van der Waals surface area contributed by atoms with E-state index in [1.165, 1.54) is 31.3 Å². The van der Waals surface area contributed by atoms with Crippen LogP contribution >= 0.6 is 23.5 Å². The second kappa shape index (κ2) is 7.16. The Balaban J connectivity index is 1.44. The minimum atomic E-state index is 1.27. The highest BCUT2D eigenvalue weighted by atomic mass is 32.2. The first-order chi connectivity index (χ1) is 11.9. The van der Waals surface area contributed by atoms with Crippen LogP contribution < -0.4 is 0 Å². The molecule has 0 fully saturated rings. The van der Waals surface area contributed by atoms with Gasteiger partial charge in [0.25, 0.3) is 0 Å². The third kappa shape index (κ3) is 3.50. The Morgan fingerprint density at radius 1 is 0.458 bits per heavy atom. The average Bonchev–Trinajstić information content (AvgIpc) is 2.65. The van der Waals surface area contributed by atoms with Crippen LogP contribution in [-0.2, 0) is 0 Å². The Kier molecular flexibility index (Phi) is 4.59. The zero-order chi connectivity index (χ0) is 16.2. The SMILES string of the molecule is C(=C/Sc1ccc2ccccc2c1)/Sc1ccc2ccccc2c1. The molecule has 0 N–H and O–H groups in total. The van der Waals surface area contributed by atoms with Crippen LogP contribution in [0.15, 0.2) is 106 Å². The minimum Gasteiger partial charge on any atom is -0.0975 e. The summed E-state index contributed by atoms with van der Waals surface area (Å²) in [6, 6.07) is 30.1. The van der Waals surface area contributed by atoms with E-state index in [0.29, 0.717) is 0 Å². The Labute approximate surface area is 150 Å². The predicted molar refractivity (Wildman–Crippen MR) is 109 cm³/mol. The highest BCUT2D eigenvalue weighted by Gasteiger charge is 1.96. The van der Waals surface area contributed by atoms with Crippen LogP contribution in [-0.4, -0.2) is 0 Å². The van der Waals surface area contributed by atoms with Gasteiger partial charge in [-0.3, -0.25) is 0 Å². The Bertz CT molecular complexity index is 935. The molecule has 0 aliphatic heterocycles. The van der Waals surface area contributed by atoms with Crippen molar-refractivity contribution in [3.63, 3.8) is 0 Å². The number of benzene rings is 4. The molecule has 0 aliphatic carbocycles. The highest BCUT2D eigenvalue weighted by Crippen LogP contribution is 2.28. The summed E-state index contributed by atoms with van der Waals surface area (Å²) >= 11 is 3.51. The van der Waals surface area contributed by atoms with Crippen molar-refractivity contribution in [1.29, 1.82) is 0 Å². The molecule has 0 unspecified atom stereocenters. The van der Waals surface area contributed by atoms with Crippen molar-refractivity contribution in [3.05, 3.63) is 95.7 Å². The van der Waals surface area contributed by atoms with E-state index in [9.17, 15) is 0 Å². The summed E-state index contributed by atoms with van der Waals surface area (Å²) in [7, 11) is 0. The van der Waals surface area contributed by atoms with Gasteiger partial charge < -0.3 is 0 Å². The largest absolute Gasteiger partial charge is 0.0975 e. The molecule has 0 aromatic heterocycles. The van der Waals surface area contributed by atoms with E-state index >= 15 is 0 Å². The van der Waals surface area contributed by atoms with E-state index in [2.05, 4.69) is 95.7 Å². The van der Waals surface area contributed by atoms with Crippen molar-refractivity contribution in [1.82, 2.24) is 0 Å². The summed E-state index contributed by atoms with van der Waals surface area (Å²) in [5, 5.41) is 9.47. The summed E-state index contributed by atoms with van der Waals surface area (Å²) in [5.41, 5.74) is 0. The van der Waals surface area contributed by atoms with Crippen molar-refractivity contribution in [2.24, 2.45) is 0 Å². The molecule has 0 nitrogen and oxygen atoms in total. The third-order valence-corrected chi connectivity index (χ3v) is 5.67. The van der Waals surface area contributed by atoms with E-state index in [1.54, 1.807) is 23.5 Å². The van der Waals surface area contributed by atoms with Crippen LogP contribution in [0.3, 0.4) is 0 Å². The fourth-order valence-electron chi connectivity index (χ4n) is 2.69. The molecule has 0 saturated heterocycles. The maximum atomic E-state index is 2.24. The molecule has 4 aromatic carbocycles. The van der Waals surface area contributed by atoms with E-state index in [1.807, 2.05) is 0 Å². The molecule has 24 heavy (non-hydrogen) atoms. The van der Waals surface area contributed by atoms with E-state index in [4.69, 9.17) is 0 Å². The Morgan fingerprint density at radius 2 is 0.875 bits per heavy atom. The first-order valence-electron chi connectivity index (χ1n) is 7.84. The predicted octanol–water partition coefficient (Wildman–Crippen LogP) is 7.35. The lowest BCUT2D eigenvalue weighted by Gasteiger charge is -2.01. The lowest BCUT2D eigenvalue weighted by Crippen LogP contribution is -1.73. The van der Waals surface area contributed by atoms with E-state index in [-0.39, 0.29) is 0 Å². The number of thioether (sulfide) groups is 2. The molecular formula is C22H16S2. The van der Waals surface area contributed by atoms with Crippen molar-refractivity contribution in [3.8, 4) is 0 Å². The summed E-state index contributed by atoms with van der Waals surface area (Å²) in [6.45, 7) is 0. The lowest BCUT2D eigenvalue weighted by atomic mass is 10.1. The number of hydrogen-bond donors (Lipinski definition) is 0. The van der Waals surface area contributed by atoms with Crippen molar-refractivity contribution < 1.29 is 0 Å². The lowest BCUT2D eigenvalue weighted by molar-refractivity contribution is 1.51. The van der Waals surface area contributed by atoms with Crippen LogP contribution in [0, 0.1) is 0 Å². The maximum Gasteiger partial charge on any atom is 0.0122 e. The first-order valence-corrected chi connectivity index (χ1v) is 9.60. The van der Waals surface area contributed by atoms with Gasteiger partial charge >= 0.3 is 0 Å². The smallest absolute Gasteiger partial charge is 0.0122 e. The molecular weight excluding hydrogens is 328 g/mol. The summed E-state index contributed by atoms with van der Waals surface area (Å²) < 4.78 is 0. The molecule has 0 heterocycles. The van der Waals surface area contributed by atoms with Gasteiger partial charge in [0.15, 0.2) is 0 Å². The van der Waals surface area contributed by atoms with Gasteiger partial charge in [-0.05, 0) is 56.6 Å². The molecule has 116 valence electrons.